The molecule has 1 fully saturated rings. The number of fused-ring (bicyclic) bond motifs is 1. The summed E-state index contributed by atoms with van der Waals surface area (Å²) in [6.45, 7) is 4.37. The van der Waals surface area contributed by atoms with Crippen molar-refractivity contribution in [2.24, 2.45) is 11.7 Å². The number of aryl methyl sites for hydroxylation is 1. The van der Waals surface area contributed by atoms with E-state index in [-0.39, 0.29) is 36.3 Å². The van der Waals surface area contributed by atoms with Gasteiger partial charge in [0.1, 0.15) is 12.1 Å². The second-order valence-corrected chi connectivity index (χ2v) is 10.9. The number of hydrogen-bond acceptors (Lipinski definition) is 5. The third kappa shape index (κ3) is 6.70. The molecule has 2 aromatic rings. The van der Waals surface area contributed by atoms with E-state index in [2.05, 4.69) is 10.0 Å². The largest absolute Gasteiger partial charge is 0.480 e. The van der Waals surface area contributed by atoms with Gasteiger partial charge in [0.2, 0.25) is 15.9 Å². The number of aliphatic carboxylic acids is 1. The fraction of sp³-hybridized carbons (Fsp3) is 0.458. The number of carboxylic acids is 1. The number of nitrogens with one attached hydrogen (secondary N) is 3. The van der Waals surface area contributed by atoms with Gasteiger partial charge in [0.25, 0.3) is 0 Å². The number of hydrogen-bond donors (Lipinski definition) is 5. The van der Waals surface area contributed by atoms with Gasteiger partial charge in [0.05, 0.1) is 4.90 Å². The van der Waals surface area contributed by atoms with Gasteiger partial charge < -0.3 is 21.1 Å². The van der Waals surface area contributed by atoms with Crippen molar-refractivity contribution in [1.82, 2.24) is 14.9 Å². The molecule has 190 valence electrons. The minimum absolute atomic E-state index is 0.0253. The molecular formula is C24H33N5O5S. The lowest BCUT2D eigenvalue weighted by Crippen LogP contribution is -2.56. The summed E-state index contributed by atoms with van der Waals surface area (Å²) >= 11 is 0. The van der Waals surface area contributed by atoms with Crippen molar-refractivity contribution in [3.8, 4) is 0 Å². The number of guanidine groups is 1. The van der Waals surface area contributed by atoms with Crippen molar-refractivity contribution in [2.75, 3.05) is 13.1 Å². The minimum Gasteiger partial charge on any atom is -0.480 e. The Hall–Kier alpha value is -3.18. The molecule has 0 saturated carbocycles. The summed E-state index contributed by atoms with van der Waals surface area (Å²) < 4.78 is 29.1. The molecule has 2 aromatic carbocycles. The molecule has 0 aliphatic carbocycles. The van der Waals surface area contributed by atoms with Crippen LogP contribution in [0.15, 0.2) is 41.3 Å². The van der Waals surface area contributed by atoms with Crippen molar-refractivity contribution in [3.05, 3.63) is 42.0 Å². The van der Waals surface area contributed by atoms with Gasteiger partial charge in [-0.15, -0.1) is 0 Å². The van der Waals surface area contributed by atoms with Crippen molar-refractivity contribution < 1.29 is 23.1 Å². The molecule has 1 aliphatic heterocycles. The number of likely N-dealkylation sites (tertiary alicyclic amines) is 1. The molecule has 10 nitrogen and oxygen atoms in total. The molecule has 0 bridgehead atoms. The summed E-state index contributed by atoms with van der Waals surface area (Å²) in [5, 5.41) is 21.2. The van der Waals surface area contributed by atoms with Crippen molar-refractivity contribution in [3.63, 3.8) is 0 Å². The molecular weight excluding hydrogens is 470 g/mol. The molecule has 11 heteroatoms. The van der Waals surface area contributed by atoms with Crippen LogP contribution in [0.5, 0.6) is 0 Å². The summed E-state index contributed by atoms with van der Waals surface area (Å²) in [5.74, 6) is -1.74. The summed E-state index contributed by atoms with van der Waals surface area (Å²) in [6.07, 6.45) is 1.42. The lowest BCUT2D eigenvalue weighted by atomic mass is 9.91. The maximum absolute atomic E-state index is 13.5. The van der Waals surface area contributed by atoms with E-state index in [9.17, 15) is 23.1 Å². The van der Waals surface area contributed by atoms with Gasteiger partial charge in [-0.25, -0.2) is 13.2 Å². The van der Waals surface area contributed by atoms with Crippen LogP contribution in [0.2, 0.25) is 0 Å². The molecule has 0 unspecified atom stereocenters. The van der Waals surface area contributed by atoms with Crippen LogP contribution in [0.4, 0.5) is 0 Å². The van der Waals surface area contributed by atoms with Crippen LogP contribution < -0.4 is 15.8 Å². The maximum Gasteiger partial charge on any atom is 0.326 e. The van der Waals surface area contributed by atoms with Gasteiger partial charge in [-0.05, 0) is 61.4 Å². The van der Waals surface area contributed by atoms with Crippen molar-refractivity contribution >= 4 is 38.6 Å². The Morgan fingerprint density at radius 1 is 1.23 bits per heavy atom. The standard InChI is InChI=1S/C24H33N5O5S/c1-15-5-6-17-7-8-19(14-18(17)12-15)35(33,34)28-20(4-3-10-27-24(25)26)22(30)29-11-9-16(2)13-21(29)23(31)32/h5-8,12,14,16,20-21,28H,3-4,9-11,13H2,1-2H3,(H,31,32)(H4,25,26,27)/t16-,20+,21-/m1/s1. The van der Waals surface area contributed by atoms with Crippen LogP contribution in [0, 0.1) is 18.3 Å². The van der Waals surface area contributed by atoms with E-state index in [1.165, 1.54) is 11.0 Å². The molecule has 3 rings (SSSR count). The first-order valence-electron chi connectivity index (χ1n) is 11.6. The molecule has 0 aromatic heterocycles. The molecule has 0 spiro atoms. The molecule has 1 heterocycles. The Balaban J connectivity index is 1.87. The Morgan fingerprint density at radius 3 is 2.63 bits per heavy atom. The Kier molecular flexibility index (Phi) is 8.34. The normalized spacial score (nSPS) is 19.3. The number of rotatable bonds is 9. The highest BCUT2D eigenvalue weighted by Crippen LogP contribution is 2.25. The Morgan fingerprint density at radius 2 is 1.94 bits per heavy atom. The van der Waals surface area contributed by atoms with E-state index >= 15 is 0 Å². The first kappa shape index (κ1) is 26.4. The number of carbonyl (C=O) groups is 2. The zero-order chi connectivity index (χ0) is 25.8. The van der Waals surface area contributed by atoms with Crippen LogP contribution in [0.3, 0.4) is 0 Å². The van der Waals surface area contributed by atoms with Gasteiger partial charge in [-0.3, -0.25) is 10.2 Å². The van der Waals surface area contributed by atoms with Crippen LogP contribution in [0.1, 0.15) is 38.2 Å². The highest BCUT2D eigenvalue weighted by molar-refractivity contribution is 7.89. The van der Waals surface area contributed by atoms with Crippen LogP contribution >= 0.6 is 0 Å². The lowest BCUT2D eigenvalue weighted by molar-refractivity contribution is -0.153. The molecule has 35 heavy (non-hydrogen) atoms. The van der Waals surface area contributed by atoms with E-state index in [0.29, 0.717) is 19.3 Å². The number of amides is 1. The summed E-state index contributed by atoms with van der Waals surface area (Å²) in [6, 6.07) is 8.34. The van der Waals surface area contributed by atoms with Crippen molar-refractivity contribution in [2.45, 2.75) is 56.5 Å². The van der Waals surface area contributed by atoms with E-state index in [1.807, 2.05) is 32.0 Å². The predicted octanol–water partition coefficient (Wildman–Crippen LogP) is 1.77. The fourth-order valence-electron chi connectivity index (χ4n) is 4.37. The highest BCUT2D eigenvalue weighted by Gasteiger charge is 2.38. The third-order valence-electron chi connectivity index (χ3n) is 6.29. The average molecular weight is 504 g/mol. The quantitative estimate of drug-likeness (QED) is 0.197. The maximum atomic E-state index is 13.5. The summed E-state index contributed by atoms with van der Waals surface area (Å²) in [4.78, 5) is 26.6. The number of carboxylic acid groups (broad SMARTS) is 1. The van der Waals surface area contributed by atoms with Gasteiger partial charge >= 0.3 is 5.97 Å². The Labute approximate surface area is 205 Å². The highest BCUT2D eigenvalue weighted by atomic mass is 32.2. The van der Waals surface area contributed by atoms with Gasteiger partial charge in [0, 0.05) is 13.1 Å². The van der Waals surface area contributed by atoms with Crippen LogP contribution in [0.25, 0.3) is 10.8 Å². The van der Waals surface area contributed by atoms with E-state index < -0.39 is 34.0 Å². The topological polar surface area (TPSA) is 166 Å². The zero-order valence-electron chi connectivity index (χ0n) is 20.0. The van der Waals surface area contributed by atoms with Gasteiger partial charge in [-0.2, -0.15) is 4.72 Å². The molecule has 1 amide bonds. The number of nitrogens with two attached hydrogens (primary N) is 1. The predicted molar refractivity (Wildman–Crippen MR) is 133 cm³/mol. The minimum atomic E-state index is -4.08. The number of piperidine rings is 1. The van der Waals surface area contributed by atoms with Gasteiger partial charge in [0.15, 0.2) is 5.96 Å². The summed E-state index contributed by atoms with van der Waals surface area (Å²) in [7, 11) is -4.08. The number of benzene rings is 2. The lowest BCUT2D eigenvalue weighted by Gasteiger charge is -2.38. The smallest absolute Gasteiger partial charge is 0.326 e. The first-order valence-corrected chi connectivity index (χ1v) is 13.1. The molecule has 1 aliphatic rings. The zero-order valence-corrected chi connectivity index (χ0v) is 20.8. The third-order valence-corrected chi connectivity index (χ3v) is 7.76. The second-order valence-electron chi connectivity index (χ2n) is 9.18. The van der Waals surface area contributed by atoms with E-state index in [1.54, 1.807) is 12.1 Å². The second kappa shape index (κ2) is 11.0. The van der Waals surface area contributed by atoms with Crippen LogP contribution in [-0.4, -0.2) is 61.4 Å². The monoisotopic (exact) mass is 503 g/mol. The Bertz CT molecular complexity index is 1220. The fourth-order valence-corrected chi connectivity index (χ4v) is 5.63. The van der Waals surface area contributed by atoms with E-state index in [4.69, 9.17) is 11.1 Å². The van der Waals surface area contributed by atoms with E-state index in [0.717, 1.165) is 16.3 Å². The van der Waals surface area contributed by atoms with Crippen molar-refractivity contribution in [1.29, 1.82) is 5.41 Å². The molecule has 1 saturated heterocycles. The number of sulfonamides is 1. The average Bonchev–Trinajstić information content (AvgIpc) is 2.79. The molecule has 6 N–H and O–H groups in total. The van der Waals surface area contributed by atoms with Crippen LogP contribution in [-0.2, 0) is 19.6 Å². The molecule has 3 atom stereocenters. The number of nitrogens with zero attached hydrogens (tertiary/aromatic N) is 1. The first-order chi connectivity index (χ1) is 16.5. The SMILES string of the molecule is Cc1ccc2ccc(S(=O)(=O)N[C@@H](CCCNC(=N)N)C(=O)N3CC[C@@H](C)C[C@@H]3C(=O)O)cc2c1. The van der Waals surface area contributed by atoms with Gasteiger partial charge in [-0.1, -0.05) is 36.8 Å². The summed E-state index contributed by atoms with van der Waals surface area (Å²) in [5.41, 5.74) is 6.30. The number of carbonyl (C=O) groups excluding carboxylic acids is 1. The molecule has 0 radical (unpaired) electrons.